The van der Waals surface area contributed by atoms with Crippen molar-refractivity contribution in [3.8, 4) is 5.75 Å². The van der Waals surface area contributed by atoms with E-state index < -0.39 is 0 Å². The van der Waals surface area contributed by atoms with Crippen molar-refractivity contribution in [3.05, 3.63) is 29.8 Å². The van der Waals surface area contributed by atoms with E-state index in [1.54, 1.807) is 0 Å². The average Bonchev–Trinajstić information content (AvgIpc) is 2.73. The average molecular weight is 391 g/mol. The molecule has 0 bridgehead atoms. The number of hydrogen-bond acceptors (Lipinski definition) is 4. The molecule has 0 radical (unpaired) electrons. The molecule has 158 valence electrons. The highest BCUT2D eigenvalue weighted by atomic mass is 16.5. The molecule has 1 aliphatic rings. The second-order valence-corrected chi connectivity index (χ2v) is 7.30. The van der Waals surface area contributed by atoms with E-state index in [2.05, 4.69) is 53.6 Å². The maximum absolute atomic E-state index is 5.99. The molecular formula is C22H38N4O2. The number of aliphatic imine (C=N–C) groups is 1. The van der Waals surface area contributed by atoms with Crippen molar-refractivity contribution in [2.45, 2.75) is 52.1 Å². The van der Waals surface area contributed by atoms with Crippen LogP contribution in [0, 0.1) is 0 Å². The Morgan fingerprint density at radius 3 is 2.82 bits per heavy atom. The topological polar surface area (TPSA) is 58.1 Å². The summed E-state index contributed by atoms with van der Waals surface area (Å²) < 4.78 is 11.4. The first kappa shape index (κ1) is 22.5. The molecule has 6 heteroatoms. The summed E-state index contributed by atoms with van der Waals surface area (Å²) in [6.07, 6.45) is 4.56. The lowest BCUT2D eigenvalue weighted by atomic mass is 10.1. The van der Waals surface area contributed by atoms with Crippen molar-refractivity contribution in [3.63, 3.8) is 0 Å². The van der Waals surface area contributed by atoms with Gasteiger partial charge in [-0.05, 0) is 50.9 Å². The van der Waals surface area contributed by atoms with Crippen LogP contribution in [0.5, 0.6) is 5.75 Å². The molecule has 1 fully saturated rings. The third-order valence-electron chi connectivity index (χ3n) is 5.01. The fourth-order valence-corrected chi connectivity index (χ4v) is 3.25. The number of nitrogens with one attached hydrogen (secondary N) is 2. The summed E-state index contributed by atoms with van der Waals surface area (Å²) in [5.74, 6) is 1.79. The molecule has 0 spiro atoms. The van der Waals surface area contributed by atoms with Gasteiger partial charge in [-0.3, -0.25) is 4.90 Å². The fraction of sp³-hybridized carbons (Fsp3) is 0.682. The molecule has 1 heterocycles. The third-order valence-corrected chi connectivity index (χ3v) is 5.01. The van der Waals surface area contributed by atoms with E-state index >= 15 is 0 Å². The van der Waals surface area contributed by atoms with Crippen molar-refractivity contribution in [1.82, 2.24) is 15.5 Å². The Morgan fingerprint density at radius 2 is 2.07 bits per heavy atom. The molecule has 1 saturated heterocycles. The van der Waals surface area contributed by atoms with Gasteiger partial charge in [0, 0.05) is 38.9 Å². The summed E-state index contributed by atoms with van der Waals surface area (Å²) >= 11 is 0. The molecule has 6 nitrogen and oxygen atoms in total. The summed E-state index contributed by atoms with van der Waals surface area (Å²) in [6, 6.07) is 8.86. The zero-order valence-corrected chi connectivity index (χ0v) is 17.9. The number of rotatable bonds is 11. The summed E-state index contributed by atoms with van der Waals surface area (Å²) in [6.45, 7) is 10.1. The molecule has 0 saturated carbocycles. The predicted octanol–water partition coefficient (Wildman–Crippen LogP) is 3.03. The Labute approximate surface area is 170 Å². The SMILES string of the molecule is CCCCNC(=NCc1cccc(OCCN(C)C2CCOCC2)c1)NCC. The van der Waals surface area contributed by atoms with E-state index in [1.165, 1.54) is 6.42 Å². The molecule has 0 unspecified atom stereocenters. The van der Waals surface area contributed by atoms with Crippen LogP contribution in [0.1, 0.15) is 45.1 Å². The smallest absolute Gasteiger partial charge is 0.191 e. The van der Waals surface area contributed by atoms with Crippen LogP contribution in [0.3, 0.4) is 0 Å². The number of guanidine groups is 1. The van der Waals surface area contributed by atoms with Crippen LogP contribution in [0.25, 0.3) is 0 Å². The maximum Gasteiger partial charge on any atom is 0.191 e. The minimum absolute atomic E-state index is 0.614. The largest absolute Gasteiger partial charge is 0.492 e. The molecule has 0 aromatic heterocycles. The maximum atomic E-state index is 5.99. The van der Waals surface area contributed by atoms with Gasteiger partial charge in [0.05, 0.1) is 6.54 Å². The molecule has 0 amide bonds. The van der Waals surface area contributed by atoms with Crippen LogP contribution in [0.15, 0.2) is 29.3 Å². The van der Waals surface area contributed by atoms with Crippen molar-refractivity contribution in [2.75, 3.05) is 46.5 Å². The predicted molar refractivity (Wildman–Crippen MR) is 116 cm³/mol. The minimum atomic E-state index is 0.614. The van der Waals surface area contributed by atoms with Crippen LogP contribution < -0.4 is 15.4 Å². The summed E-state index contributed by atoms with van der Waals surface area (Å²) in [5, 5.41) is 6.68. The van der Waals surface area contributed by atoms with E-state index in [9.17, 15) is 0 Å². The normalized spacial score (nSPS) is 15.6. The van der Waals surface area contributed by atoms with E-state index in [-0.39, 0.29) is 0 Å². The highest BCUT2D eigenvalue weighted by molar-refractivity contribution is 5.79. The zero-order chi connectivity index (χ0) is 20.0. The van der Waals surface area contributed by atoms with Crippen molar-refractivity contribution < 1.29 is 9.47 Å². The van der Waals surface area contributed by atoms with Crippen molar-refractivity contribution >= 4 is 5.96 Å². The quantitative estimate of drug-likeness (QED) is 0.346. The van der Waals surface area contributed by atoms with Gasteiger partial charge in [-0.1, -0.05) is 25.5 Å². The molecule has 2 N–H and O–H groups in total. The number of benzene rings is 1. The van der Waals surface area contributed by atoms with Gasteiger partial charge in [0.2, 0.25) is 0 Å². The molecule has 1 aromatic rings. The lowest BCUT2D eigenvalue weighted by molar-refractivity contribution is 0.0392. The number of ether oxygens (including phenoxy) is 2. The molecule has 2 rings (SSSR count). The van der Waals surface area contributed by atoms with E-state index in [4.69, 9.17) is 9.47 Å². The highest BCUT2D eigenvalue weighted by Gasteiger charge is 2.17. The van der Waals surface area contributed by atoms with Gasteiger partial charge in [0.25, 0.3) is 0 Å². The highest BCUT2D eigenvalue weighted by Crippen LogP contribution is 2.15. The first-order valence-electron chi connectivity index (χ1n) is 10.7. The number of hydrogen-bond donors (Lipinski definition) is 2. The second-order valence-electron chi connectivity index (χ2n) is 7.30. The molecule has 0 atom stereocenters. The Morgan fingerprint density at radius 1 is 1.25 bits per heavy atom. The molecule has 0 aliphatic carbocycles. The molecule has 1 aromatic carbocycles. The van der Waals surface area contributed by atoms with Crippen LogP contribution in [-0.2, 0) is 11.3 Å². The minimum Gasteiger partial charge on any atom is -0.492 e. The van der Waals surface area contributed by atoms with E-state index in [0.717, 1.165) is 69.4 Å². The summed E-state index contributed by atoms with van der Waals surface area (Å²) in [7, 11) is 2.18. The Bertz CT molecular complexity index is 573. The Hall–Kier alpha value is -1.79. The van der Waals surface area contributed by atoms with Gasteiger partial charge in [-0.15, -0.1) is 0 Å². The monoisotopic (exact) mass is 390 g/mol. The van der Waals surface area contributed by atoms with Crippen LogP contribution in [-0.4, -0.2) is 63.4 Å². The van der Waals surface area contributed by atoms with Crippen LogP contribution in [0.4, 0.5) is 0 Å². The van der Waals surface area contributed by atoms with Gasteiger partial charge >= 0.3 is 0 Å². The molecular weight excluding hydrogens is 352 g/mol. The number of unbranched alkanes of at least 4 members (excludes halogenated alkanes) is 1. The Kier molecular flexibility index (Phi) is 10.8. The fourth-order valence-electron chi connectivity index (χ4n) is 3.25. The zero-order valence-electron chi connectivity index (χ0n) is 17.9. The lowest BCUT2D eigenvalue weighted by Crippen LogP contribution is -2.38. The van der Waals surface area contributed by atoms with Gasteiger partial charge < -0.3 is 20.1 Å². The third kappa shape index (κ3) is 8.48. The summed E-state index contributed by atoms with van der Waals surface area (Å²) in [5.41, 5.74) is 1.16. The lowest BCUT2D eigenvalue weighted by Gasteiger charge is -2.31. The Balaban J connectivity index is 1.79. The van der Waals surface area contributed by atoms with E-state index in [0.29, 0.717) is 19.2 Å². The van der Waals surface area contributed by atoms with Gasteiger partial charge in [0.15, 0.2) is 5.96 Å². The van der Waals surface area contributed by atoms with Crippen molar-refractivity contribution in [2.24, 2.45) is 4.99 Å². The number of likely N-dealkylation sites (N-methyl/N-ethyl adjacent to an activating group) is 1. The van der Waals surface area contributed by atoms with Crippen LogP contribution in [0.2, 0.25) is 0 Å². The van der Waals surface area contributed by atoms with Gasteiger partial charge in [-0.25, -0.2) is 4.99 Å². The van der Waals surface area contributed by atoms with Gasteiger partial charge in [0.1, 0.15) is 12.4 Å². The summed E-state index contributed by atoms with van der Waals surface area (Å²) in [4.78, 5) is 7.08. The molecule has 28 heavy (non-hydrogen) atoms. The molecule has 1 aliphatic heterocycles. The standard InChI is InChI=1S/C22H38N4O2/c1-4-6-12-24-22(23-5-2)25-18-19-8-7-9-21(17-19)28-16-13-26(3)20-10-14-27-15-11-20/h7-9,17,20H,4-6,10-16,18H2,1-3H3,(H2,23,24,25). The number of nitrogens with zero attached hydrogens (tertiary/aromatic N) is 2. The first-order chi connectivity index (χ1) is 13.7. The van der Waals surface area contributed by atoms with Crippen LogP contribution >= 0.6 is 0 Å². The second kappa shape index (κ2) is 13.4. The van der Waals surface area contributed by atoms with Crippen molar-refractivity contribution in [1.29, 1.82) is 0 Å². The first-order valence-corrected chi connectivity index (χ1v) is 10.7. The van der Waals surface area contributed by atoms with E-state index in [1.807, 2.05) is 12.1 Å². The van der Waals surface area contributed by atoms with Gasteiger partial charge in [-0.2, -0.15) is 0 Å².